The second-order valence-corrected chi connectivity index (χ2v) is 9.53. The van der Waals surface area contributed by atoms with E-state index in [0.717, 1.165) is 86.6 Å². The number of hydrogen-bond acceptors (Lipinski definition) is 9. The third kappa shape index (κ3) is 5.56. The lowest BCUT2D eigenvalue weighted by atomic mass is 9.84. The zero-order valence-electron chi connectivity index (χ0n) is 20.8. The molecular weight excluding hydrogens is 444 g/mol. The van der Waals surface area contributed by atoms with Gasteiger partial charge in [0.1, 0.15) is 11.3 Å². The Morgan fingerprint density at radius 1 is 1.00 bits per heavy atom. The first-order valence-electron chi connectivity index (χ1n) is 12.4. The van der Waals surface area contributed by atoms with Crippen LogP contribution in [-0.2, 0) is 11.2 Å². The van der Waals surface area contributed by atoms with Gasteiger partial charge in [0.2, 0.25) is 11.8 Å². The summed E-state index contributed by atoms with van der Waals surface area (Å²) >= 11 is 0. The van der Waals surface area contributed by atoms with Gasteiger partial charge in [0.05, 0.1) is 37.6 Å². The summed E-state index contributed by atoms with van der Waals surface area (Å²) < 4.78 is 17.5. The highest BCUT2D eigenvalue weighted by atomic mass is 16.5. The van der Waals surface area contributed by atoms with E-state index in [0.29, 0.717) is 17.7 Å². The normalized spacial score (nSPS) is 20.6. The summed E-state index contributed by atoms with van der Waals surface area (Å²) in [6, 6.07) is 6.19. The third-order valence-corrected chi connectivity index (χ3v) is 6.84. The predicted molar refractivity (Wildman–Crippen MR) is 136 cm³/mol. The number of fused-ring (bicyclic) bond motifs is 1. The van der Waals surface area contributed by atoms with Gasteiger partial charge in [0, 0.05) is 57.4 Å². The van der Waals surface area contributed by atoms with Crippen molar-refractivity contribution in [3.63, 3.8) is 0 Å². The topological polar surface area (TPSA) is 85.7 Å². The second kappa shape index (κ2) is 10.6. The van der Waals surface area contributed by atoms with Gasteiger partial charge in [0.15, 0.2) is 0 Å². The lowest BCUT2D eigenvalue weighted by Gasteiger charge is -2.31. The molecule has 0 atom stereocenters. The van der Waals surface area contributed by atoms with Gasteiger partial charge in [-0.3, -0.25) is 4.98 Å². The van der Waals surface area contributed by atoms with Crippen LogP contribution in [0.25, 0.3) is 11.0 Å². The predicted octanol–water partition coefficient (Wildman–Crippen LogP) is 3.51. The lowest BCUT2D eigenvalue weighted by Crippen LogP contribution is -2.36. The lowest BCUT2D eigenvalue weighted by molar-refractivity contribution is 0.122. The maximum Gasteiger partial charge on any atom is 0.228 e. The minimum absolute atomic E-state index is 0.175. The van der Waals surface area contributed by atoms with Crippen LogP contribution < -0.4 is 19.3 Å². The van der Waals surface area contributed by atoms with E-state index in [1.54, 1.807) is 19.5 Å². The second-order valence-electron chi connectivity index (χ2n) is 9.53. The van der Waals surface area contributed by atoms with Crippen LogP contribution in [0.2, 0.25) is 0 Å². The number of morpholine rings is 1. The van der Waals surface area contributed by atoms with E-state index in [9.17, 15) is 0 Å². The molecule has 35 heavy (non-hydrogen) atoms. The van der Waals surface area contributed by atoms with E-state index in [1.165, 1.54) is 0 Å². The van der Waals surface area contributed by atoms with Crippen molar-refractivity contribution < 1.29 is 14.2 Å². The number of rotatable bonds is 7. The minimum atomic E-state index is 0.175. The summed E-state index contributed by atoms with van der Waals surface area (Å²) in [6.45, 7) is 3.24. The molecule has 0 spiro atoms. The summed E-state index contributed by atoms with van der Waals surface area (Å²) in [7, 11) is 5.54. The molecule has 3 heterocycles. The summed E-state index contributed by atoms with van der Waals surface area (Å²) in [5.74, 6) is 2.70. The number of nitrogens with zero attached hydrogens (tertiary/aromatic N) is 6. The number of aromatic nitrogens is 4. The van der Waals surface area contributed by atoms with Crippen molar-refractivity contribution in [3.05, 3.63) is 36.3 Å². The quantitative estimate of drug-likeness (QED) is 0.506. The first-order chi connectivity index (χ1) is 17.1. The van der Waals surface area contributed by atoms with Gasteiger partial charge in [-0.05, 0) is 44.1 Å². The molecule has 0 amide bonds. The molecule has 5 rings (SSSR count). The SMILES string of the molecule is COc1cc(CC2CCC(Oc3cc(N4CCOCC4)cc4nccnc34)CC2)nc(N(C)C)n1. The van der Waals surface area contributed by atoms with Crippen molar-refractivity contribution in [2.24, 2.45) is 5.92 Å². The maximum atomic E-state index is 6.57. The summed E-state index contributed by atoms with van der Waals surface area (Å²) in [6.07, 6.45) is 8.79. The molecule has 1 saturated heterocycles. The van der Waals surface area contributed by atoms with Gasteiger partial charge in [0.25, 0.3) is 0 Å². The smallest absolute Gasteiger partial charge is 0.228 e. The summed E-state index contributed by atoms with van der Waals surface area (Å²) in [4.78, 5) is 22.5. The highest BCUT2D eigenvalue weighted by molar-refractivity contribution is 5.85. The standard InChI is InChI=1S/C26H34N6O3/c1-31(2)26-29-19(15-24(30-26)33-3)14-18-4-6-21(7-5-18)35-23-17-20(32-10-12-34-13-11-32)16-22-25(23)28-9-8-27-22/h8-9,15-18,21H,4-7,10-14H2,1-3H3. The molecule has 2 aliphatic rings. The molecular formula is C26H34N6O3. The molecule has 1 aromatic carbocycles. The average molecular weight is 479 g/mol. The van der Waals surface area contributed by atoms with Crippen LogP contribution in [0.15, 0.2) is 30.6 Å². The molecule has 1 saturated carbocycles. The fourth-order valence-electron chi connectivity index (χ4n) is 4.92. The van der Waals surface area contributed by atoms with E-state index in [4.69, 9.17) is 19.2 Å². The Hall–Kier alpha value is -3.20. The Morgan fingerprint density at radius 2 is 1.77 bits per heavy atom. The molecule has 0 bridgehead atoms. The van der Waals surface area contributed by atoms with Gasteiger partial charge in [-0.2, -0.15) is 4.98 Å². The van der Waals surface area contributed by atoms with Crippen LogP contribution in [0.4, 0.5) is 11.6 Å². The molecule has 2 fully saturated rings. The highest BCUT2D eigenvalue weighted by Crippen LogP contribution is 2.35. The molecule has 1 aliphatic carbocycles. The molecule has 0 N–H and O–H groups in total. The number of benzene rings is 1. The van der Waals surface area contributed by atoms with Crippen molar-refractivity contribution in [2.45, 2.75) is 38.2 Å². The molecule has 9 heteroatoms. The largest absolute Gasteiger partial charge is 0.488 e. The molecule has 186 valence electrons. The maximum absolute atomic E-state index is 6.57. The molecule has 3 aromatic rings. The van der Waals surface area contributed by atoms with E-state index in [-0.39, 0.29) is 6.10 Å². The van der Waals surface area contributed by atoms with Crippen molar-refractivity contribution in [1.29, 1.82) is 0 Å². The van der Waals surface area contributed by atoms with Crippen LogP contribution in [0.5, 0.6) is 11.6 Å². The molecule has 1 aliphatic heterocycles. The van der Waals surface area contributed by atoms with E-state index < -0.39 is 0 Å². The van der Waals surface area contributed by atoms with Crippen LogP contribution in [-0.4, -0.2) is 73.5 Å². The van der Waals surface area contributed by atoms with Crippen molar-refractivity contribution >= 4 is 22.7 Å². The zero-order valence-corrected chi connectivity index (χ0v) is 20.8. The fraction of sp³-hybridized carbons (Fsp3) is 0.538. The number of methoxy groups -OCH3 is 1. The fourth-order valence-corrected chi connectivity index (χ4v) is 4.92. The van der Waals surface area contributed by atoms with E-state index >= 15 is 0 Å². The zero-order chi connectivity index (χ0) is 24.2. The first-order valence-corrected chi connectivity index (χ1v) is 12.4. The van der Waals surface area contributed by atoms with Crippen LogP contribution >= 0.6 is 0 Å². The van der Waals surface area contributed by atoms with Gasteiger partial charge in [-0.15, -0.1) is 0 Å². The number of anilines is 2. The number of ether oxygens (including phenoxy) is 3. The highest BCUT2D eigenvalue weighted by Gasteiger charge is 2.25. The molecule has 0 unspecified atom stereocenters. The number of hydrogen-bond donors (Lipinski definition) is 0. The van der Waals surface area contributed by atoms with Gasteiger partial charge in [-0.1, -0.05) is 0 Å². The van der Waals surface area contributed by atoms with Crippen LogP contribution in [0.3, 0.4) is 0 Å². The van der Waals surface area contributed by atoms with Crippen molar-refractivity contribution in [1.82, 2.24) is 19.9 Å². The molecule has 2 aromatic heterocycles. The third-order valence-electron chi connectivity index (χ3n) is 6.84. The first kappa shape index (κ1) is 23.5. The van der Waals surface area contributed by atoms with E-state index in [2.05, 4.69) is 32.0 Å². The Kier molecular flexibility index (Phi) is 7.13. The van der Waals surface area contributed by atoms with Crippen molar-refractivity contribution in [3.8, 4) is 11.6 Å². The Morgan fingerprint density at radius 3 is 2.51 bits per heavy atom. The summed E-state index contributed by atoms with van der Waals surface area (Å²) in [5, 5.41) is 0. The monoisotopic (exact) mass is 478 g/mol. The van der Waals surface area contributed by atoms with Gasteiger partial charge in [-0.25, -0.2) is 9.97 Å². The Balaban J connectivity index is 1.26. The summed E-state index contributed by atoms with van der Waals surface area (Å²) in [5.41, 5.74) is 3.86. The average Bonchev–Trinajstić information content (AvgIpc) is 2.90. The Labute approximate surface area is 206 Å². The Bertz CT molecular complexity index is 1140. The van der Waals surface area contributed by atoms with E-state index in [1.807, 2.05) is 25.1 Å². The van der Waals surface area contributed by atoms with Crippen molar-refractivity contribution in [2.75, 3.05) is 57.3 Å². The van der Waals surface area contributed by atoms with Gasteiger partial charge >= 0.3 is 0 Å². The van der Waals surface area contributed by atoms with Gasteiger partial charge < -0.3 is 24.0 Å². The van der Waals surface area contributed by atoms with Crippen LogP contribution in [0, 0.1) is 5.92 Å². The molecule has 9 nitrogen and oxygen atoms in total. The molecule has 0 radical (unpaired) electrons. The minimum Gasteiger partial charge on any atom is -0.488 e. The van der Waals surface area contributed by atoms with Crippen LogP contribution in [0.1, 0.15) is 31.4 Å².